The first kappa shape index (κ1) is 10.4. The Bertz CT molecular complexity index is 343. The fraction of sp³-hybridized carbons (Fsp3) is 0.300. The molecular weight excluding hydrogens is 178 g/mol. The van der Waals surface area contributed by atoms with Crippen LogP contribution in [0.1, 0.15) is 11.1 Å². The predicted octanol–water partition coefficient (Wildman–Crippen LogP) is 0.777. The minimum absolute atomic E-state index is 0.0929. The van der Waals surface area contributed by atoms with Crippen molar-refractivity contribution in [1.29, 1.82) is 0 Å². The van der Waals surface area contributed by atoms with Crippen molar-refractivity contribution in [3.63, 3.8) is 0 Å². The summed E-state index contributed by atoms with van der Waals surface area (Å²) in [5.74, 6) is 0.908. The molecule has 4 nitrogen and oxygen atoms in total. The fourth-order valence-electron chi connectivity index (χ4n) is 1.24. The predicted molar refractivity (Wildman–Crippen MR) is 57.2 cm³/mol. The molecule has 76 valence electrons. The summed E-state index contributed by atoms with van der Waals surface area (Å²) >= 11 is 0. The first-order valence-corrected chi connectivity index (χ1v) is 4.33. The molecule has 0 aliphatic carbocycles. The van der Waals surface area contributed by atoms with E-state index < -0.39 is 0 Å². The normalized spacial score (nSPS) is 9.57. The van der Waals surface area contributed by atoms with Crippen LogP contribution in [0.25, 0.3) is 0 Å². The summed E-state index contributed by atoms with van der Waals surface area (Å²) in [5, 5.41) is 0. The van der Waals surface area contributed by atoms with Crippen LogP contribution >= 0.6 is 0 Å². The highest BCUT2D eigenvalue weighted by Gasteiger charge is 2.04. The molecule has 4 N–H and O–H groups in total. The van der Waals surface area contributed by atoms with Gasteiger partial charge in [0, 0.05) is 5.56 Å². The minimum Gasteiger partial charge on any atom is -0.496 e. The highest BCUT2D eigenvalue weighted by Crippen LogP contribution is 2.22. The molecule has 0 amide bonds. The number of ether oxygens (including phenoxy) is 1. The zero-order valence-electron chi connectivity index (χ0n) is 8.45. The van der Waals surface area contributed by atoms with Gasteiger partial charge >= 0.3 is 0 Å². The topological polar surface area (TPSA) is 73.6 Å². The van der Waals surface area contributed by atoms with Crippen LogP contribution in [0.3, 0.4) is 0 Å². The number of aliphatic imine (C=N–C) groups is 1. The lowest BCUT2D eigenvalue weighted by Gasteiger charge is -2.08. The molecule has 0 radical (unpaired) electrons. The van der Waals surface area contributed by atoms with Gasteiger partial charge in [0.15, 0.2) is 5.96 Å². The number of hydrogen-bond donors (Lipinski definition) is 2. The Kier molecular flexibility index (Phi) is 3.34. The van der Waals surface area contributed by atoms with E-state index in [1.807, 2.05) is 25.1 Å². The molecule has 14 heavy (non-hydrogen) atoms. The number of rotatable bonds is 3. The van der Waals surface area contributed by atoms with Gasteiger partial charge in [-0.1, -0.05) is 12.1 Å². The molecule has 0 fully saturated rings. The zero-order valence-corrected chi connectivity index (χ0v) is 8.45. The standard InChI is InChI=1S/C10H15N3O/c1-7-4-3-5-9(14-2)8(7)6-13-10(11)12/h3-5H,6H2,1-2H3,(H4,11,12,13). The average Bonchev–Trinajstić information content (AvgIpc) is 2.15. The molecule has 4 heteroatoms. The van der Waals surface area contributed by atoms with Gasteiger partial charge in [0.05, 0.1) is 13.7 Å². The van der Waals surface area contributed by atoms with Gasteiger partial charge < -0.3 is 16.2 Å². The van der Waals surface area contributed by atoms with Crippen molar-refractivity contribution in [2.75, 3.05) is 7.11 Å². The molecule has 0 aliphatic heterocycles. The molecule has 0 bridgehead atoms. The van der Waals surface area contributed by atoms with Gasteiger partial charge in [0.1, 0.15) is 5.75 Å². The van der Waals surface area contributed by atoms with Gasteiger partial charge in [-0.15, -0.1) is 0 Å². The molecule has 1 rings (SSSR count). The molecule has 0 saturated carbocycles. The maximum atomic E-state index is 5.27. The molecule has 0 heterocycles. The van der Waals surface area contributed by atoms with Gasteiger partial charge in [-0.2, -0.15) is 0 Å². The summed E-state index contributed by atoms with van der Waals surface area (Å²) in [7, 11) is 1.63. The lowest BCUT2D eigenvalue weighted by atomic mass is 10.1. The first-order valence-electron chi connectivity index (χ1n) is 4.33. The third kappa shape index (κ3) is 2.39. The van der Waals surface area contributed by atoms with Crippen LogP contribution < -0.4 is 16.2 Å². The Morgan fingerprint density at radius 3 is 2.71 bits per heavy atom. The number of nitrogens with zero attached hydrogens (tertiary/aromatic N) is 1. The lowest BCUT2D eigenvalue weighted by molar-refractivity contribution is 0.409. The van der Waals surface area contributed by atoms with E-state index in [4.69, 9.17) is 16.2 Å². The van der Waals surface area contributed by atoms with Gasteiger partial charge in [0.2, 0.25) is 0 Å². The van der Waals surface area contributed by atoms with Crippen LogP contribution in [0.2, 0.25) is 0 Å². The SMILES string of the molecule is COc1cccc(C)c1CN=C(N)N. The fourth-order valence-corrected chi connectivity index (χ4v) is 1.24. The molecule has 0 saturated heterocycles. The van der Waals surface area contributed by atoms with Crippen molar-refractivity contribution in [3.05, 3.63) is 29.3 Å². The van der Waals surface area contributed by atoms with Crippen LogP contribution in [0.4, 0.5) is 0 Å². The highest BCUT2D eigenvalue weighted by molar-refractivity contribution is 5.75. The molecule has 0 spiro atoms. The summed E-state index contributed by atoms with van der Waals surface area (Å²) in [6.45, 7) is 2.46. The van der Waals surface area contributed by atoms with Crippen LogP contribution in [-0.2, 0) is 6.54 Å². The van der Waals surface area contributed by atoms with E-state index in [2.05, 4.69) is 4.99 Å². The Labute approximate surface area is 83.6 Å². The molecule has 1 aromatic carbocycles. The van der Waals surface area contributed by atoms with Gasteiger partial charge in [-0.05, 0) is 18.6 Å². The van der Waals surface area contributed by atoms with Crippen molar-refractivity contribution in [1.82, 2.24) is 0 Å². The highest BCUT2D eigenvalue weighted by atomic mass is 16.5. The molecule has 0 aliphatic rings. The van der Waals surface area contributed by atoms with Crippen molar-refractivity contribution >= 4 is 5.96 Å². The summed E-state index contributed by atoms with van der Waals surface area (Å²) < 4.78 is 5.21. The largest absolute Gasteiger partial charge is 0.496 e. The van der Waals surface area contributed by atoms with Crippen molar-refractivity contribution in [2.45, 2.75) is 13.5 Å². The Balaban J connectivity index is 2.99. The number of benzene rings is 1. The second-order valence-electron chi connectivity index (χ2n) is 3.00. The monoisotopic (exact) mass is 193 g/mol. The van der Waals surface area contributed by atoms with E-state index in [-0.39, 0.29) is 5.96 Å². The van der Waals surface area contributed by atoms with Crippen molar-refractivity contribution in [2.24, 2.45) is 16.5 Å². The zero-order chi connectivity index (χ0) is 10.6. The van der Waals surface area contributed by atoms with E-state index in [1.54, 1.807) is 7.11 Å². The number of nitrogens with two attached hydrogens (primary N) is 2. The van der Waals surface area contributed by atoms with E-state index >= 15 is 0 Å². The van der Waals surface area contributed by atoms with E-state index in [1.165, 1.54) is 0 Å². The quantitative estimate of drug-likeness (QED) is 0.550. The molecule has 0 atom stereocenters. The third-order valence-electron chi connectivity index (χ3n) is 2.01. The number of guanidine groups is 1. The summed E-state index contributed by atoms with van der Waals surface area (Å²) in [4.78, 5) is 3.96. The Morgan fingerprint density at radius 2 is 2.14 bits per heavy atom. The van der Waals surface area contributed by atoms with Gasteiger partial charge in [-0.25, -0.2) is 4.99 Å². The molecular formula is C10H15N3O. The summed E-state index contributed by atoms with van der Waals surface area (Å²) in [6, 6.07) is 5.83. The van der Waals surface area contributed by atoms with Crippen LogP contribution in [0.15, 0.2) is 23.2 Å². The van der Waals surface area contributed by atoms with Crippen molar-refractivity contribution < 1.29 is 4.74 Å². The molecule has 1 aromatic rings. The van der Waals surface area contributed by atoms with E-state index in [9.17, 15) is 0 Å². The Morgan fingerprint density at radius 1 is 1.43 bits per heavy atom. The van der Waals surface area contributed by atoms with Crippen LogP contribution in [-0.4, -0.2) is 13.1 Å². The van der Waals surface area contributed by atoms with Gasteiger partial charge in [0.25, 0.3) is 0 Å². The molecule has 0 unspecified atom stereocenters. The van der Waals surface area contributed by atoms with Crippen LogP contribution in [0, 0.1) is 6.92 Å². The maximum absolute atomic E-state index is 5.27. The first-order chi connectivity index (χ1) is 6.65. The maximum Gasteiger partial charge on any atom is 0.186 e. The van der Waals surface area contributed by atoms with E-state index in [0.717, 1.165) is 16.9 Å². The summed E-state index contributed by atoms with van der Waals surface area (Å²) in [6.07, 6.45) is 0. The third-order valence-corrected chi connectivity index (χ3v) is 2.01. The average molecular weight is 193 g/mol. The number of hydrogen-bond acceptors (Lipinski definition) is 2. The lowest BCUT2D eigenvalue weighted by Crippen LogP contribution is -2.22. The second-order valence-corrected chi connectivity index (χ2v) is 3.00. The van der Waals surface area contributed by atoms with Crippen molar-refractivity contribution in [3.8, 4) is 5.75 Å². The number of methoxy groups -OCH3 is 1. The van der Waals surface area contributed by atoms with E-state index in [0.29, 0.717) is 6.54 Å². The minimum atomic E-state index is 0.0929. The Hall–Kier alpha value is -1.71. The van der Waals surface area contributed by atoms with Gasteiger partial charge in [-0.3, -0.25) is 0 Å². The number of aryl methyl sites for hydroxylation is 1. The second kappa shape index (κ2) is 4.50. The molecule has 0 aromatic heterocycles. The summed E-state index contributed by atoms with van der Waals surface area (Å²) in [5.41, 5.74) is 12.7. The van der Waals surface area contributed by atoms with Crippen LogP contribution in [0.5, 0.6) is 5.75 Å². The smallest absolute Gasteiger partial charge is 0.186 e.